The lowest BCUT2D eigenvalue weighted by molar-refractivity contribution is -0.118. The maximum atomic E-state index is 12.2. The van der Waals surface area contributed by atoms with Crippen molar-refractivity contribution in [2.24, 2.45) is 0 Å². The quantitative estimate of drug-likeness (QED) is 0.416. The van der Waals surface area contributed by atoms with Crippen molar-refractivity contribution in [2.75, 3.05) is 38.7 Å². The number of anilines is 1. The number of nitrogens with one attached hydrogen (secondary N) is 3. The summed E-state index contributed by atoms with van der Waals surface area (Å²) < 4.78 is 12.4. The topological polar surface area (TPSA) is 71.6 Å². The highest BCUT2D eigenvalue weighted by atomic mass is 79.9. The van der Waals surface area contributed by atoms with Gasteiger partial charge in [-0.15, -0.1) is 0 Å². The second-order valence-electron chi connectivity index (χ2n) is 6.66. The molecule has 0 aliphatic rings. The number of ether oxygens (including phenoxy) is 2. The second kappa shape index (κ2) is 12.5. The van der Waals surface area contributed by atoms with Crippen LogP contribution in [0.4, 0.5) is 5.69 Å². The zero-order chi connectivity index (χ0) is 21.1. The predicted molar refractivity (Wildman–Crippen MR) is 121 cm³/mol. The van der Waals surface area contributed by atoms with E-state index in [9.17, 15) is 4.79 Å². The number of carbonyl (C=O) groups is 1. The maximum absolute atomic E-state index is 12.2. The number of hydrogen-bond acceptors (Lipinski definition) is 5. The summed E-state index contributed by atoms with van der Waals surface area (Å²) >= 11 is 3.59. The van der Waals surface area contributed by atoms with E-state index < -0.39 is 0 Å². The summed E-state index contributed by atoms with van der Waals surface area (Å²) in [4.78, 5) is 12.2. The summed E-state index contributed by atoms with van der Waals surface area (Å²) in [6, 6.07) is 11.4. The fourth-order valence-electron chi connectivity index (χ4n) is 2.68. The lowest BCUT2D eigenvalue weighted by Crippen LogP contribution is -2.21. The monoisotopic (exact) mass is 463 g/mol. The van der Waals surface area contributed by atoms with E-state index in [1.165, 1.54) is 0 Å². The van der Waals surface area contributed by atoms with Crippen LogP contribution in [0.5, 0.6) is 11.5 Å². The Morgan fingerprint density at radius 3 is 2.48 bits per heavy atom. The standard InChI is InChI=1S/C22H30BrN3O3/c1-4-28-20-12-17(14-25-11-5-10-24-3)19(23)13-21(20)29-15-22(27)26-18-8-6-16(2)7-9-18/h6-9,12-13,24-25H,4-5,10-11,14-15H2,1-3H3,(H,26,27). The van der Waals surface area contributed by atoms with Gasteiger partial charge < -0.3 is 25.4 Å². The molecule has 0 atom stereocenters. The van der Waals surface area contributed by atoms with Crippen LogP contribution < -0.4 is 25.4 Å². The van der Waals surface area contributed by atoms with Crippen LogP contribution in [0.3, 0.4) is 0 Å². The first-order valence-electron chi connectivity index (χ1n) is 9.83. The normalized spacial score (nSPS) is 10.6. The predicted octanol–water partition coefficient (Wildman–Crippen LogP) is 3.87. The molecule has 2 rings (SSSR count). The van der Waals surface area contributed by atoms with Crippen LogP contribution in [-0.4, -0.2) is 39.3 Å². The third-order valence-electron chi connectivity index (χ3n) is 4.20. The number of amides is 1. The molecule has 1 amide bonds. The number of aryl methyl sites for hydroxylation is 1. The highest BCUT2D eigenvalue weighted by Gasteiger charge is 2.13. The molecule has 0 aromatic heterocycles. The molecule has 6 nitrogen and oxygen atoms in total. The molecule has 0 unspecified atom stereocenters. The van der Waals surface area contributed by atoms with Crippen molar-refractivity contribution in [3.63, 3.8) is 0 Å². The molecule has 2 aromatic carbocycles. The van der Waals surface area contributed by atoms with E-state index in [2.05, 4.69) is 31.9 Å². The van der Waals surface area contributed by atoms with Gasteiger partial charge in [-0.1, -0.05) is 33.6 Å². The highest BCUT2D eigenvalue weighted by molar-refractivity contribution is 9.10. The highest BCUT2D eigenvalue weighted by Crippen LogP contribution is 2.34. The van der Waals surface area contributed by atoms with Crippen LogP contribution in [0.1, 0.15) is 24.5 Å². The molecular formula is C22H30BrN3O3. The molecule has 0 fully saturated rings. The molecule has 3 N–H and O–H groups in total. The lowest BCUT2D eigenvalue weighted by atomic mass is 10.2. The molecule has 0 spiro atoms. The minimum Gasteiger partial charge on any atom is -0.490 e. The zero-order valence-corrected chi connectivity index (χ0v) is 18.9. The van der Waals surface area contributed by atoms with Crippen LogP contribution in [-0.2, 0) is 11.3 Å². The molecule has 0 aliphatic heterocycles. The number of halogens is 1. The average Bonchev–Trinajstić information content (AvgIpc) is 2.70. The molecule has 2 aromatic rings. The summed E-state index contributed by atoms with van der Waals surface area (Å²) in [6.45, 7) is 6.97. The summed E-state index contributed by atoms with van der Waals surface area (Å²) in [6.07, 6.45) is 1.06. The molecule has 0 aliphatic carbocycles. The molecule has 0 saturated heterocycles. The molecule has 0 radical (unpaired) electrons. The van der Waals surface area contributed by atoms with Gasteiger partial charge in [-0.25, -0.2) is 0 Å². The third-order valence-corrected chi connectivity index (χ3v) is 4.94. The van der Waals surface area contributed by atoms with Gasteiger partial charge in [0.15, 0.2) is 18.1 Å². The number of hydrogen-bond donors (Lipinski definition) is 3. The van der Waals surface area contributed by atoms with Gasteiger partial charge in [0.25, 0.3) is 5.91 Å². The van der Waals surface area contributed by atoms with Crippen molar-refractivity contribution in [1.82, 2.24) is 10.6 Å². The minimum atomic E-state index is -0.220. The van der Waals surface area contributed by atoms with Gasteiger partial charge in [0, 0.05) is 16.7 Å². The van der Waals surface area contributed by atoms with Gasteiger partial charge in [0.2, 0.25) is 0 Å². The van der Waals surface area contributed by atoms with E-state index in [1.807, 2.05) is 57.3 Å². The summed E-state index contributed by atoms with van der Waals surface area (Å²) in [5, 5.41) is 9.38. The zero-order valence-electron chi connectivity index (χ0n) is 17.3. The molecule has 29 heavy (non-hydrogen) atoms. The fourth-order valence-corrected chi connectivity index (χ4v) is 3.15. The average molecular weight is 464 g/mol. The van der Waals surface area contributed by atoms with E-state index in [4.69, 9.17) is 9.47 Å². The van der Waals surface area contributed by atoms with Crippen molar-refractivity contribution in [1.29, 1.82) is 0 Å². The van der Waals surface area contributed by atoms with Gasteiger partial charge in [-0.05, 0) is 70.2 Å². The van der Waals surface area contributed by atoms with Crippen molar-refractivity contribution < 1.29 is 14.3 Å². The van der Waals surface area contributed by atoms with E-state index in [0.717, 1.165) is 47.3 Å². The Bertz CT molecular complexity index is 782. The first-order chi connectivity index (χ1) is 14.0. The second-order valence-corrected chi connectivity index (χ2v) is 7.51. The Balaban J connectivity index is 1.96. The Morgan fingerprint density at radius 1 is 1.07 bits per heavy atom. The Kier molecular flexibility index (Phi) is 9.97. The minimum absolute atomic E-state index is 0.0952. The lowest BCUT2D eigenvalue weighted by Gasteiger charge is -2.15. The van der Waals surface area contributed by atoms with E-state index in [-0.39, 0.29) is 12.5 Å². The largest absolute Gasteiger partial charge is 0.490 e. The van der Waals surface area contributed by atoms with E-state index >= 15 is 0 Å². The van der Waals surface area contributed by atoms with Crippen LogP contribution in [0.25, 0.3) is 0 Å². The molecular weight excluding hydrogens is 434 g/mol. The van der Waals surface area contributed by atoms with Gasteiger partial charge in [-0.2, -0.15) is 0 Å². The van der Waals surface area contributed by atoms with Crippen LogP contribution in [0.15, 0.2) is 40.9 Å². The number of rotatable bonds is 12. The molecule has 158 valence electrons. The van der Waals surface area contributed by atoms with E-state index in [1.54, 1.807) is 0 Å². The van der Waals surface area contributed by atoms with Crippen LogP contribution in [0, 0.1) is 6.92 Å². The van der Waals surface area contributed by atoms with Gasteiger partial charge in [-0.3, -0.25) is 4.79 Å². The summed E-state index contributed by atoms with van der Waals surface area (Å²) in [5.74, 6) is 0.949. The summed E-state index contributed by atoms with van der Waals surface area (Å²) in [7, 11) is 1.95. The van der Waals surface area contributed by atoms with Crippen molar-refractivity contribution in [3.8, 4) is 11.5 Å². The molecule has 0 bridgehead atoms. The molecule has 0 heterocycles. The molecule has 7 heteroatoms. The van der Waals surface area contributed by atoms with Crippen molar-refractivity contribution in [2.45, 2.75) is 26.8 Å². The van der Waals surface area contributed by atoms with E-state index in [0.29, 0.717) is 18.1 Å². The van der Waals surface area contributed by atoms with Crippen molar-refractivity contribution in [3.05, 3.63) is 52.0 Å². The SMILES string of the molecule is CCOc1cc(CNCCCNC)c(Br)cc1OCC(=O)Nc1ccc(C)cc1. The number of benzene rings is 2. The fraction of sp³-hybridized carbons (Fsp3) is 0.409. The van der Waals surface area contributed by atoms with Gasteiger partial charge in [0.1, 0.15) is 0 Å². The van der Waals surface area contributed by atoms with Gasteiger partial charge >= 0.3 is 0 Å². The first kappa shape index (κ1) is 23.2. The van der Waals surface area contributed by atoms with Crippen LogP contribution >= 0.6 is 15.9 Å². The Morgan fingerprint density at radius 2 is 1.79 bits per heavy atom. The third kappa shape index (κ3) is 8.04. The summed E-state index contributed by atoms with van der Waals surface area (Å²) in [5.41, 5.74) is 2.96. The smallest absolute Gasteiger partial charge is 0.262 e. The van der Waals surface area contributed by atoms with Gasteiger partial charge in [0.05, 0.1) is 6.61 Å². The number of carbonyl (C=O) groups excluding carboxylic acids is 1. The van der Waals surface area contributed by atoms with Crippen LogP contribution in [0.2, 0.25) is 0 Å². The Labute approximate surface area is 181 Å². The first-order valence-corrected chi connectivity index (χ1v) is 10.6. The maximum Gasteiger partial charge on any atom is 0.262 e. The van der Waals surface area contributed by atoms with Crippen molar-refractivity contribution >= 4 is 27.5 Å². The Hall–Kier alpha value is -2.09. The molecule has 0 saturated carbocycles.